The predicted molar refractivity (Wildman–Crippen MR) is 120 cm³/mol. The molecule has 0 aliphatic carbocycles. The first-order chi connectivity index (χ1) is 13.7. The second kappa shape index (κ2) is 8.97. The quantitative estimate of drug-likeness (QED) is 0.523. The summed E-state index contributed by atoms with van der Waals surface area (Å²) in [6, 6.07) is 13.9. The molecule has 0 bridgehead atoms. The topological polar surface area (TPSA) is 51.2 Å². The molecule has 29 heavy (non-hydrogen) atoms. The fourth-order valence-electron chi connectivity index (χ4n) is 2.75. The van der Waals surface area contributed by atoms with Crippen LogP contribution in [0, 0.1) is 6.92 Å². The van der Waals surface area contributed by atoms with Crippen molar-refractivity contribution in [1.82, 2.24) is 4.98 Å². The van der Waals surface area contributed by atoms with Gasteiger partial charge in [-0.15, -0.1) is 11.3 Å². The molecular formula is C23H25ClN2O2S. The van der Waals surface area contributed by atoms with Crippen molar-refractivity contribution in [2.24, 2.45) is 0 Å². The van der Waals surface area contributed by atoms with Gasteiger partial charge in [-0.2, -0.15) is 0 Å². The number of amides is 1. The molecular weight excluding hydrogens is 404 g/mol. The number of carbonyl (C=O) groups excluding carboxylic acids is 1. The lowest BCUT2D eigenvalue weighted by Gasteiger charge is -2.19. The lowest BCUT2D eigenvalue weighted by Crippen LogP contribution is -2.20. The third-order valence-corrected chi connectivity index (χ3v) is 5.82. The van der Waals surface area contributed by atoms with Crippen molar-refractivity contribution < 1.29 is 9.53 Å². The van der Waals surface area contributed by atoms with E-state index >= 15 is 0 Å². The number of thiazole rings is 1. The van der Waals surface area contributed by atoms with E-state index in [2.05, 4.69) is 37.1 Å². The van der Waals surface area contributed by atoms with E-state index in [9.17, 15) is 4.79 Å². The molecule has 1 amide bonds. The minimum absolute atomic E-state index is 0.0582. The van der Waals surface area contributed by atoms with Gasteiger partial charge in [-0.3, -0.25) is 10.1 Å². The number of carbonyl (C=O) groups is 1. The molecule has 1 aromatic heterocycles. The highest BCUT2D eigenvalue weighted by molar-refractivity contribution is 7.15. The van der Waals surface area contributed by atoms with Gasteiger partial charge in [0.25, 0.3) is 5.91 Å². The van der Waals surface area contributed by atoms with Crippen molar-refractivity contribution in [3.05, 3.63) is 75.3 Å². The first-order valence-electron chi connectivity index (χ1n) is 9.43. The number of ether oxygens (including phenoxy) is 1. The number of anilines is 1. The Morgan fingerprint density at radius 3 is 2.55 bits per heavy atom. The van der Waals surface area contributed by atoms with Crippen molar-refractivity contribution >= 4 is 34.0 Å². The lowest BCUT2D eigenvalue weighted by molar-refractivity contribution is -0.118. The fraction of sp³-hybridized carbons (Fsp3) is 0.304. The van der Waals surface area contributed by atoms with Gasteiger partial charge in [-0.05, 0) is 47.2 Å². The highest BCUT2D eigenvalue weighted by Crippen LogP contribution is 2.25. The maximum absolute atomic E-state index is 12.2. The molecule has 0 aliphatic heterocycles. The average Bonchev–Trinajstić information content (AvgIpc) is 3.09. The van der Waals surface area contributed by atoms with Crippen LogP contribution in [0.4, 0.5) is 5.13 Å². The van der Waals surface area contributed by atoms with E-state index in [0.717, 1.165) is 27.4 Å². The van der Waals surface area contributed by atoms with Crippen LogP contribution in [0.3, 0.4) is 0 Å². The summed E-state index contributed by atoms with van der Waals surface area (Å²) in [6.07, 6.45) is 2.50. The average molecular weight is 429 g/mol. The summed E-state index contributed by atoms with van der Waals surface area (Å²) in [7, 11) is 0. The van der Waals surface area contributed by atoms with Crippen molar-refractivity contribution in [3.63, 3.8) is 0 Å². The smallest absolute Gasteiger partial charge is 0.264 e. The number of aromatic nitrogens is 1. The SMILES string of the molecule is Cc1ccc(Cc2cnc(NC(=O)COc3ccc(C(C)(C)C)cc3)s2)cc1Cl. The largest absolute Gasteiger partial charge is 0.484 e. The van der Waals surface area contributed by atoms with Crippen LogP contribution in [0.5, 0.6) is 5.75 Å². The molecule has 0 fully saturated rings. The third-order valence-electron chi connectivity index (χ3n) is 4.50. The number of benzene rings is 2. The minimum atomic E-state index is -0.232. The monoisotopic (exact) mass is 428 g/mol. The number of rotatable bonds is 6. The first-order valence-corrected chi connectivity index (χ1v) is 10.6. The Kier molecular flexibility index (Phi) is 6.60. The van der Waals surface area contributed by atoms with E-state index in [4.69, 9.17) is 16.3 Å². The van der Waals surface area contributed by atoms with E-state index in [0.29, 0.717) is 10.9 Å². The minimum Gasteiger partial charge on any atom is -0.484 e. The molecule has 1 heterocycles. The zero-order chi connectivity index (χ0) is 21.0. The highest BCUT2D eigenvalue weighted by Gasteiger charge is 2.13. The summed E-state index contributed by atoms with van der Waals surface area (Å²) >= 11 is 7.64. The van der Waals surface area contributed by atoms with Gasteiger partial charge < -0.3 is 4.74 Å². The number of nitrogens with zero attached hydrogens (tertiary/aromatic N) is 1. The van der Waals surface area contributed by atoms with E-state index in [1.165, 1.54) is 16.9 Å². The molecule has 0 atom stereocenters. The molecule has 0 saturated carbocycles. The van der Waals surface area contributed by atoms with Gasteiger partial charge in [0, 0.05) is 22.5 Å². The van der Waals surface area contributed by atoms with Crippen LogP contribution in [0.1, 0.15) is 42.3 Å². The van der Waals surface area contributed by atoms with Crippen LogP contribution >= 0.6 is 22.9 Å². The Hall–Kier alpha value is -2.37. The maximum Gasteiger partial charge on any atom is 0.264 e. The molecule has 0 radical (unpaired) electrons. The van der Waals surface area contributed by atoms with Crippen molar-refractivity contribution in [3.8, 4) is 5.75 Å². The Bertz CT molecular complexity index is 991. The van der Waals surface area contributed by atoms with E-state index in [-0.39, 0.29) is 17.9 Å². The maximum atomic E-state index is 12.2. The molecule has 0 unspecified atom stereocenters. The molecule has 4 nitrogen and oxygen atoms in total. The Morgan fingerprint density at radius 2 is 1.90 bits per heavy atom. The zero-order valence-corrected chi connectivity index (χ0v) is 18.7. The molecule has 0 aliphatic rings. The highest BCUT2D eigenvalue weighted by atomic mass is 35.5. The van der Waals surface area contributed by atoms with Gasteiger partial charge in [0.15, 0.2) is 11.7 Å². The Labute approximate surface area is 180 Å². The third kappa shape index (κ3) is 6.05. The predicted octanol–water partition coefficient (Wildman–Crippen LogP) is 6.01. The number of aryl methyl sites for hydroxylation is 1. The van der Waals surface area contributed by atoms with Crippen LogP contribution in [-0.2, 0) is 16.6 Å². The Balaban J connectivity index is 1.51. The molecule has 152 valence electrons. The summed E-state index contributed by atoms with van der Waals surface area (Å²) in [6.45, 7) is 8.40. The summed E-state index contributed by atoms with van der Waals surface area (Å²) in [4.78, 5) is 17.5. The molecule has 3 rings (SSSR count). The van der Waals surface area contributed by atoms with Crippen LogP contribution in [0.25, 0.3) is 0 Å². The number of nitrogens with one attached hydrogen (secondary N) is 1. The summed E-state index contributed by atoms with van der Waals surface area (Å²) in [5.41, 5.74) is 3.48. The molecule has 2 aromatic carbocycles. The van der Waals surface area contributed by atoms with Crippen LogP contribution in [-0.4, -0.2) is 17.5 Å². The molecule has 6 heteroatoms. The van der Waals surface area contributed by atoms with Gasteiger partial charge in [0.05, 0.1) is 0 Å². The van der Waals surface area contributed by atoms with E-state index < -0.39 is 0 Å². The van der Waals surface area contributed by atoms with Gasteiger partial charge in [0.2, 0.25) is 0 Å². The van der Waals surface area contributed by atoms with Gasteiger partial charge in [-0.25, -0.2) is 4.98 Å². The second-order valence-corrected chi connectivity index (χ2v) is 9.53. The van der Waals surface area contributed by atoms with Gasteiger partial charge in [-0.1, -0.05) is 56.6 Å². The lowest BCUT2D eigenvalue weighted by atomic mass is 9.87. The number of hydrogen-bond donors (Lipinski definition) is 1. The van der Waals surface area contributed by atoms with Crippen molar-refractivity contribution in [2.45, 2.75) is 39.5 Å². The first kappa shape index (κ1) is 21.3. The summed E-state index contributed by atoms with van der Waals surface area (Å²) in [5, 5.41) is 4.11. The molecule has 0 spiro atoms. The number of hydrogen-bond acceptors (Lipinski definition) is 4. The van der Waals surface area contributed by atoms with Gasteiger partial charge >= 0.3 is 0 Å². The standard InChI is InChI=1S/C23H25ClN2O2S/c1-15-5-6-16(12-20(15)24)11-19-13-25-22(29-19)26-21(27)14-28-18-9-7-17(8-10-18)23(2,3)4/h5-10,12-13H,11,14H2,1-4H3,(H,25,26,27). The molecule has 0 saturated heterocycles. The zero-order valence-electron chi connectivity index (χ0n) is 17.1. The van der Waals surface area contributed by atoms with Crippen molar-refractivity contribution in [1.29, 1.82) is 0 Å². The van der Waals surface area contributed by atoms with Crippen LogP contribution in [0.15, 0.2) is 48.7 Å². The fourth-order valence-corrected chi connectivity index (χ4v) is 3.82. The van der Waals surface area contributed by atoms with Gasteiger partial charge in [0.1, 0.15) is 5.75 Å². The molecule has 1 N–H and O–H groups in total. The summed E-state index contributed by atoms with van der Waals surface area (Å²) in [5.74, 6) is 0.438. The summed E-state index contributed by atoms with van der Waals surface area (Å²) < 4.78 is 5.58. The van der Waals surface area contributed by atoms with Crippen LogP contribution < -0.4 is 10.1 Å². The Morgan fingerprint density at radius 1 is 1.17 bits per heavy atom. The van der Waals surface area contributed by atoms with E-state index in [1.54, 1.807) is 6.20 Å². The van der Waals surface area contributed by atoms with E-state index in [1.807, 2.05) is 43.3 Å². The van der Waals surface area contributed by atoms with Crippen LogP contribution in [0.2, 0.25) is 5.02 Å². The van der Waals surface area contributed by atoms with Crippen molar-refractivity contribution in [2.75, 3.05) is 11.9 Å². The number of halogens is 1. The second-order valence-electron chi connectivity index (χ2n) is 8.00. The normalized spacial score (nSPS) is 11.3. The molecule has 3 aromatic rings.